The second kappa shape index (κ2) is 4.01. The van der Waals surface area contributed by atoms with E-state index in [0.717, 1.165) is 6.26 Å². The molecule has 0 aliphatic heterocycles. The first-order chi connectivity index (χ1) is 6.46. The first-order valence-electron chi connectivity index (χ1n) is 3.57. The van der Waals surface area contributed by atoms with E-state index in [9.17, 15) is 8.42 Å². The molecule has 14 heavy (non-hydrogen) atoms. The van der Waals surface area contributed by atoms with Gasteiger partial charge in [0.2, 0.25) is 21.1 Å². The van der Waals surface area contributed by atoms with Crippen molar-refractivity contribution in [3.63, 3.8) is 0 Å². The zero-order valence-corrected chi connectivity index (χ0v) is 9.39. The predicted molar refractivity (Wildman–Crippen MR) is 56.7 cm³/mol. The van der Waals surface area contributed by atoms with Crippen molar-refractivity contribution in [2.75, 3.05) is 17.2 Å². The third kappa shape index (κ3) is 2.74. The van der Waals surface area contributed by atoms with E-state index in [1.54, 1.807) is 6.26 Å². The lowest BCUT2D eigenvalue weighted by atomic mass is 10.9. The van der Waals surface area contributed by atoms with E-state index in [1.807, 2.05) is 0 Å². The van der Waals surface area contributed by atoms with E-state index >= 15 is 0 Å². The van der Waals surface area contributed by atoms with Gasteiger partial charge in [0, 0.05) is 6.20 Å². The lowest BCUT2D eigenvalue weighted by Gasteiger charge is -2.00. The lowest BCUT2D eigenvalue weighted by molar-refractivity contribution is 0.606. The molecular weight excluding hydrogens is 224 g/mol. The molecule has 1 aromatic rings. The van der Waals surface area contributed by atoms with Gasteiger partial charge in [0.25, 0.3) is 0 Å². The summed E-state index contributed by atoms with van der Waals surface area (Å²) < 4.78 is 25.4. The van der Waals surface area contributed by atoms with Crippen LogP contribution in [0.3, 0.4) is 0 Å². The SMILES string of the molecule is C=Cn1nc(SC)nc1NS(C)(=O)=O. The monoisotopic (exact) mass is 234 g/mol. The van der Waals surface area contributed by atoms with Crippen molar-refractivity contribution in [2.24, 2.45) is 0 Å². The number of rotatable bonds is 4. The molecule has 0 saturated carbocycles. The number of anilines is 1. The summed E-state index contributed by atoms with van der Waals surface area (Å²) in [6, 6.07) is 0. The summed E-state index contributed by atoms with van der Waals surface area (Å²) in [5.41, 5.74) is 0. The summed E-state index contributed by atoms with van der Waals surface area (Å²) in [5, 5.41) is 4.44. The number of sulfonamides is 1. The highest BCUT2D eigenvalue weighted by Gasteiger charge is 2.10. The average molecular weight is 234 g/mol. The van der Waals surface area contributed by atoms with Crippen LogP contribution >= 0.6 is 11.8 Å². The first kappa shape index (κ1) is 11.1. The van der Waals surface area contributed by atoms with E-state index in [0.29, 0.717) is 5.16 Å². The van der Waals surface area contributed by atoms with Gasteiger partial charge >= 0.3 is 0 Å². The molecule has 0 radical (unpaired) electrons. The molecule has 0 fully saturated rings. The van der Waals surface area contributed by atoms with Gasteiger partial charge in [-0.2, -0.15) is 4.98 Å². The highest BCUT2D eigenvalue weighted by molar-refractivity contribution is 7.98. The van der Waals surface area contributed by atoms with E-state index in [-0.39, 0.29) is 5.95 Å². The van der Waals surface area contributed by atoms with Crippen LogP contribution in [0.1, 0.15) is 0 Å². The Morgan fingerprint density at radius 3 is 2.71 bits per heavy atom. The van der Waals surface area contributed by atoms with Crippen molar-refractivity contribution >= 4 is 33.9 Å². The quantitative estimate of drug-likeness (QED) is 0.766. The molecule has 0 unspecified atom stereocenters. The van der Waals surface area contributed by atoms with Crippen LogP contribution < -0.4 is 4.72 Å². The highest BCUT2D eigenvalue weighted by Crippen LogP contribution is 2.14. The third-order valence-corrected chi connectivity index (χ3v) is 2.34. The van der Waals surface area contributed by atoms with Crippen LogP contribution in [0.2, 0.25) is 0 Å². The summed E-state index contributed by atoms with van der Waals surface area (Å²) >= 11 is 1.32. The molecule has 6 nitrogen and oxygen atoms in total. The molecule has 0 aliphatic carbocycles. The van der Waals surface area contributed by atoms with Gasteiger partial charge in [0.05, 0.1) is 6.26 Å². The second-order valence-electron chi connectivity index (χ2n) is 2.42. The number of hydrogen-bond donors (Lipinski definition) is 1. The second-order valence-corrected chi connectivity index (χ2v) is 4.95. The maximum atomic E-state index is 10.9. The van der Waals surface area contributed by atoms with Crippen LogP contribution in [0.15, 0.2) is 11.7 Å². The number of aromatic nitrogens is 3. The van der Waals surface area contributed by atoms with Crippen molar-refractivity contribution in [2.45, 2.75) is 5.16 Å². The van der Waals surface area contributed by atoms with Gasteiger partial charge in [-0.3, -0.25) is 4.72 Å². The molecule has 0 aliphatic rings. The molecule has 1 heterocycles. The number of thioether (sulfide) groups is 1. The number of hydrogen-bond acceptors (Lipinski definition) is 5. The predicted octanol–water partition coefficient (Wildman–Crippen LogP) is 0.472. The Hall–Kier alpha value is -1.02. The van der Waals surface area contributed by atoms with Crippen LogP contribution in [0.4, 0.5) is 5.95 Å². The van der Waals surface area contributed by atoms with Crippen molar-refractivity contribution in [1.29, 1.82) is 0 Å². The lowest BCUT2D eigenvalue weighted by Crippen LogP contribution is -2.13. The Bertz CT molecular complexity index is 437. The number of nitrogens with zero attached hydrogens (tertiary/aromatic N) is 3. The average Bonchev–Trinajstić information content (AvgIpc) is 2.44. The van der Waals surface area contributed by atoms with Crippen molar-refractivity contribution in [3.05, 3.63) is 6.58 Å². The van der Waals surface area contributed by atoms with Crippen LogP contribution in [0, 0.1) is 0 Å². The minimum Gasteiger partial charge on any atom is -0.251 e. The summed E-state index contributed by atoms with van der Waals surface area (Å²) in [6.07, 6.45) is 4.22. The molecule has 0 spiro atoms. The molecule has 0 saturated heterocycles. The van der Waals surface area contributed by atoms with Gasteiger partial charge in [0.15, 0.2) is 0 Å². The molecule has 8 heteroatoms. The molecule has 0 bridgehead atoms. The summed E-state index contributed by atoms with van der Waals surface area (Å²) in [7, 11) is -3.34. The molecule has 1 aromatic heterocycles. The Morgan fingerprint density at radius 2 is 2.29 bits per heavy atom. The Balaban J connectivity index is 3.07. The Morgan fingerprint density at radius 1 is 1.64 bits per heavy atom. The molecule has 0 aromatic carbocycles. The van der Waals surface area contributed by atoms with Gasteiger partial charge in [-0.15, -0.1) is 5.10 Å². The molecule has 78 valence electrons. The maximum absolute atomic E-state index is 10.9. The van der Waals surface area contributed by atoms with Gasteiger partial charge in [0.1, 0.15) is 0 Å². The summed E-state index contributed by atoms with van der Waals surface area (Å²) in [4.78, 5) is 3.94. The molecule has 1 N–H and O–H groups in total. The van der Waals surface area contributed by atoms with Gasteiger partial charge in [-0.25, -0.2) is 13.1 Å². The topological polar surface area (TPSA) is 76.9 Å². The summed E-state index contributed by atoms with van der Waals surface area (Å²) in [5.74, 6) is 0.145. The van der Waals surface area contributed by atoms with E-state index < -0.39 is 10.0 Å². The van der Waals surface area contributed by atoms with Crippen molar-refractivity contribution < 1.29 is 8.42 Å². The number of nitrogens with one attached hydrogen (secondary N) is 1. The zero-order chi connectivity index (χ0) is 10.8. The standard InChI is InChI=1S/C6H10N4O2S2/c1-4-10-5(9-14(3,11)12)7-6(8-10)13-2/h4H,1H2,2-3H3,(H,7,8,9). The fraction of sp³-hybridized carbons (Fsp3) is 0.333. The minimum atomic E-state index is -3.34. The Kier molecular flexibility index (Phi) is 3.17. The van der Waals surface area contributed by atoms with E-state index in [4.69, 9.17) is 0 Å². The van der Waals surface area contributed by atoms with E-state index in [2.05, 4.69) is 21.4 Å². The minimum absolute atomic E-state index is 0.145. The van der Waals surface area contributed by atoms with Gasteiger partial charge < -0.3 is 0 Å². The zero-order valence-electron chi connectivity index (χ0n) is 7.76. The fourth-order valence-corrected chi connectivity index (χ4v) is 1.57. The van der Waals surface area contributed by atoms with Crippen molar-refractivity contribution in [3.8, 4) is 0 Å². The molecule has 0 atom stereocenters. The van der Waals surface area contributed by atoms with Crippen LogP contribution in [-0.2, 0) is 10.0 Å². The largest absolute Gasteiger partial charge is 0.251 e. The normalized spacial score (nSPS) is 11.3. The van der Waals surface area contributed by atoms with Crippen LogP contribution in [-0.4, -0.2) is 35.7 Å². The van der Waals surface area contributed by atoms with Crippen LogP contribution in [0.5, 0.6) is 0 Å². The van der Waals surface area contributed by atoms with Crippen LogP contribution in [0.25, 0.3) is 6.20 Å². The van der Waals surface area contributed by atoms with Gasteiger partial charge in [-0.05, 0) is 6.26 Å². The smallest absolute Gasteiger partial charge is 0.240 e. The van der Waals surface area contributed by atoms with Gasteiger partial charge in [-0.1, -0.05) is 18.3 Å². The molecule has 1 rings (SSSR count). The summed E-state index contributed by atoms with van der Waals surface area (Å²) in [6.45, 7) is 3.49. The first-order valence-corrected chi connectivity index (χ1v) is 6.69. The van der Waals surface area contributed by atoms with Crippen molar-refractivity contribution in [1.82, 2.24) is 14.8 Å². The Labute approximate surface area is 86.5 Å². The highest BCUT2D eigenvalue weighted by atomic mass is 32.2. The van der Waals surface area contributed by atoms with E-state index in [1.165, 1.54) is 22.6 Å². The molecule has 0 amide bonds. The maximum Gasteiger partial charge on any atom is 0.240 e. The molecular formula is C6H10N4O2S2. The fourth-order valence-electron chi connectivity index (χ4n) is 0.753. The third-order valence-electron chi connectivity index (χ3n) is 1.24.